The number of rotatable bonds is 6. The Morgan fingerprint density at radius 1 is 0.870 bits per heavy atom. The normalized spacial score (nSPS) is 10.5. The Morgan fingerprint density at radius 3 is 2.43 bits per heavy atom. The summed E-state index contributed by atoms with van der Waals surface area (Å²) in [5.74, 6) is 1.51. The molecule has 3 nitrogen and oxygen atoms in total. The third-order valence-corrected chi connectivity index (χ3v) is 4.04. The summed E-state index contributed by atoms with van der Waals surface area (Å²) in [4.78, 5) is 10.7. The minimum absolute atomic E-state index is 0.422. The summed E-state index contributed by atoms with van der Waals surface area (Å²) < 4.78 is 12.1. The van der Waals surface area contributed by atoms with Crippen molar-refractivity contribution in [2.24, 2.45) is 0 Å². The van der Waals surface area contributed by atoms with E-state index in [2.05, 4.69) is 28.1 Å². The number of carbonyl (C=O) groups excluding carboxylic acids is 1. The molecule has 0 fully saturated rings. The highest BCUT2D eigenvalue weighted by atomic mass is 79.9. The van der Waals surface area contributed by atoms with E-state index in [1.165, 1.54) is 5.39 Å². The molecule has 0 aliphatic heterocycles. The van der Waals surface area contributed by atoms with Gasteiger partial charge in [0.1, 0.15) is 31.0 Å². The van der Waals surface area contributed by atoms with Crippen LogP contribution in [0.3, 0.4) is 0 Å². The van der Waals surface area contributed by atoms with E-state index in [1.54, 1.807) is 18.2 Å². The molecule has 0 saturated heterocycles. The molecule has 3 aromatic carbocycles. The van der Waals surface area contributed by atoms with Crippen molar-refractivity contribution in [3.63, 3.8) is 0 Å². The van der Waals surface area contributed by atoms with Crippen molar-refractivity contribution in [2.75, 3.05) is 13.2 Å². The summed E-state index contributed by atoms with van der Waals surface area (Å²) in [5.41, 5.74) is 0.608. The van der Waals surface area contributed by atoms with E-state index in [1.807, 2.05) is 30.3 Å². The predicted molar refractivity (Wildman–Crippen MR) is 94.5 cm³/mol. The van der Waals surface area contributed by atoms with Crippen LogP contribution in [0.4, 0.5) is 0 Å². The average molecular weight is 371 g/mol. The van der Waals surface area contributed by atoms with Gasteiger partial charge in [-0.05, 0) is 57.0 Å². The van der Waals surface area contributed by atoms with Gasteiger partial charge in [0.25, 0.3) is 0 Å². The van der Waals surface area contributed by atoms with Gasteiger partial charge in [-0.25, -0.2) is 0 Å². The monoisotopic (exact) mass is 370 g/mol. The van der Waals surface area contributed by atoms with E-state index in [4.69, 9.17) is 9.47 Å². The maximum Gasteiger partial charge on any atom is 0.150 e. The van der Waals surface area contributed by atoms with Crippen molar-refractivity contribution in [3.8, 4) is 11.5 Å². The van der Waals surface area contributed by atoms with Crippen molar-refractivity contribution < 1.29 is 14.3 Å². The minimum Gasteiger partial charge on any atom is -0.490 e. The first-order chi connectivity index (χ1) is 11.3. The molecule has 0 spiro atoms. The maximum atomic E-state index is 10.7. The third-order valence-electron chi connectivity index (χ3n) is 3.42. The van der Waals surface area contributed by atoms with Crippen LogP contribution >= 0.6 is 15.9 Å². The van der Waals surface area contributed by atoms with Crippen LogP contribution in [0.15, 0.2) is 65.1 Å². The summed E-state index contributed by atoms with van der Waals surface area (Å²) in [6.45, 7) is 0.867. The van der Waals surface area contributed by atoms with Crippen LogP contribution in [0.25, 0.3) is 10.8 Å². The molecule has 0 saturated carbocycles. The van der Waals surface area contributed by atoms with Crippen molar-refractivity contribution >= 4 is 33.0 Å². The van der Waals surface area contributed by atoms with Gasteiger partial charge < -0.3 is 9.47 Å². The molecule has 0 heterocycles. The van der Waals surface area contributed by atoms with Gasteiger partial charge in [-0.3, -0.25) is 4.79 Å². The lowest BCUT2D eigenvalue weighted by molar-refractivity contribution is 0.112. The van der Waals surface area contributed by atoms with Gasteiger partial charge in [0.05, 0.1) is 4.47 Å². The fourth-order valence-electron chi connectivity index (χ4n) is 2.28. The van der Waals surface area contributed by atoms with E-state index >= 15 is 0 Å². The van der Waals surface area contributed by atoms with Crippen molar-refractivity contribution in [3.05, 3.63) is 70.7 Å². The fourth-order valence-corrected chi connectivity index (χ4v) is 2.79. The molecule has 0 aromatic heterocycles. The quantitative estimate of drug-likeness (QED) is 0.458. The molecule has 0 atom stereocenters. The van der Waals surface area contributed by atoms with Crippen molar-refractivity contribution in [1.29, 1.82) is 0 Å². The standard InChI is InChI=1S/C19H15BrO3/c20-18-11-14(13-21)5-8-19(18)23-10-9-22-17-7-6-15-3-1-2-4-16(15)12-17/h1-8,11-13H,9-10H2. The zero-order chi connectivity index (χ0) is 16.1. The van der Waals surface area contributed by atoms with E-state index in [0.717, 1.165) is 21.9 Å². The second-order valence-electron chi connectivity index (χ2n) is 5.01. The Morgan fingerprint density at radius 2 is 1.65 bits per heavy atom. The van der Waals surface area contributed by atoms with Crippen LogP contribution in [0.1, 0.15) is 10.4 Å². The third kappa shape index (κ3) is 3.90. The smallest absolute Gasteiger partial charge is 0.150 e. The van der Waals surface area contributed by atoms with Gasteiger partial charge in [0.15, 0.2) is 0 Å². The molecule has 0 bridgehead atoms. The van der Waals surface area contributed by atoms with Crippen LogP contribution in [0, 0.1) is 0 Å². The summed E-state index contributed by atoms with van der Waals surface area (Å²) in [7, 11) is 0. The first-order valence-corrected chi connectivity index (χ1v) is 8.05. The fraction of sp³-hybridized carbons (Fsp3) is 0.105. The van der Waals surface area contributed by atoms with Gasteiger partial charge in [0.2, 0.25) is 0 Å². The number of halogens is 1. The molecule has 0 amide bonds. The highest BCUT2D eigenvalue weighted by Gasteiger charge is 2.03. The van der Waals surface area contributed by atoms with Crippen LogP contribution in [-0.2, 0) is 0 Å². The minimum atomic E-state index is 0.422. The molecule has 4 heteroatoms. The molecule has 0 radical (unpaired) electrons. The summed E-state index contributed by atoms with van der Waals surface area (Å²) in [6, 6.07) is 19.4. The molecular formula is C19H15BrO3. The number of hydrogen-bond acceptors (Lipinski definition) is 3. The largest absolute Gasteiger partial charge is 0.490 e. The topological polar surface area (TPSA) is 35.5 Å². The molecule has 23 heavy (non-hydrogen) atoms. The second kappa shape index (κ2) is 7.29. The molecule has 3 aromatic rings. The molecule has 0 N–H and O–H groups in total. The van der Waals surface area contributed by atoms with Crippen LogP contribution in [0.5, 0.6) is 11.5 Å². The maximum absolute atomic E-state index is 10.7. The Kier molecular flexibility index (Phi) is 4.93. The highest BCUT2D eigenvalue weighted by molar-refractivity contribution is 9.10. The van der Waals surface area contributed by atoms with Crippen molar-refractivity contribution in [2.45, 2.75) is 0 Å². The number of benzene rings is 3. The number of aldehydes is 1. The number of fused-ring (bicyclic) bond motifs is 1. The van der Waals surface area contributed by atoms with E-state index in [9.17, 15) is 4.79 Å². The van der Waals surface area contributed by atoms with Gasteiger partial charge >= 0.3 is 0 Å². The molecule has 0 unspecified atom stereocenters. The van der Waals surface area contributed by atoms with Crippen LogP contribution in [0.2, 0.25) is 0 Å². The van der Waals surface area contributed by atoms with Crippen LogP contribution in [-0.4, -0.2) is 19.5 Å². The Balaban J connectivity index is 1.55. The SMILES string of the molecule is O=Cc1ccc(OCCOc2ccc3ccccc3c2)c(Br)c1. The van der Waals surface area contributed by atoms with E-state index in [0.29, 0.717) is 24.5 Å². The molecule has 0 aliphatic carbocycles. The molecule has 0 aliphatic rings. The summed E-state index contributed by atoms with van der Waals surface area (Å²) in [6.07, 6.45) is 0.803. The summed E-state index contributed by atoms with van der Waals surface area (Å²) in [5, 5.41) is 2.34. The average Bonchev–Trinajstić information content (AvgIpc) is 2.59. The molecule has 3 rings (SSSR count). The second-order valence-corrected chi connectivity index (χ2v) is 5.87. The molecule has 116 valence electrons. The Hall–Kier alpha value is -2.33. The zero-order valence-corrected chi connectivity index (χ0v) is 14.0. The molecular weight excluding hydrogens is 356 g/mol. The lowest BCUT2D eigenvalue weighted by Gasteiger charge is -2.10. The van der Waals surface area contributed by atoms with Gasteiger partial charge in [-0.2, -0.15) is 0 Å². The lowest BCUT2D eigenvalue weighted by Crippen LogP contribution is -2.09. The number of hydrogen-bond donors (Lipinski definition) is 0. The Bertz CT molecular complexity index is 830. The van der Waals surface area contributed by atoms with Gasteiger partial charge in [-0.1, -0.05) is 30.3 Å². The highest BCUT2D eigenvalue weighted by Crippen LogP contribution is 2.25. The lowest BCUT2D eigenvalue weighted by atomic mass is 10.1. The van der Waals surface area contributed by atoms with Crippen LogP contribution < -0.4 is 9.47 Å². The summed E-state index contributed by atoms with van der Waals surface area (Å²) >= 11 is 3.39. The number of carbonyl (C=O) groups is 1. The van der Waals surface area contributed by atoms with Gasteiger partial charge in [-0.15, -0.1) is 0 Å². The predicted octanol–water partition coefficient (Wildman–Crippen LogP) is 4.87. The zero-order valence-electron chi connectivity index (χ0n) is 12.4. The first kappa shape index (κ1) is 15.6. The Labute approximate surface area is 143 Å². The number of ether oxygens (including phenoxy) is 2. The first-order valence-electron chi connectivity index (χ1n) is 7.25. The van der Waals surface area contributed by atoms with Crippen molar-refractivity contribution in [1.82, 2.24) is 0 Å². The van der Waals surface area contributed by atoms with E-state index < -0.39 is 0 Å². The van der Waals surface area contributed by atoms with E-state index in [-0.39, 0.29) is 0 Å². The van der Waals surface area contributed by atoms with Gasteiger partial charge in [0, 0.05) is 5.56 Å².